The quantitative estimate of drug-likeness (QED) is 0.585. The molecule has 0 fully saturated rings. The molecule has 0 spiro atoms. The van der Waals surface area contributed by atoms with Gasteiger partial charge in [0.1, 0.15) is 11.6 Å². The average Bonchev–Trinajstić information content (AvgIpc) is 2.45. The maximum absolute atomic E-state index is 14.1. The Labute approximate surface area is 124 Å². The van der Waals surface area contributed by atoms with Gasteiger partial charge in [-0.25, -0.2) is 8.78 Å². The summed E-state index contributed by atoms with van der Waals surface area (Å²) < 4.78 is 27.8. The molecule has 2 rings (SSSR count). The summed E-state index contributed by atoms with van der Waals surface area (Å²) in [7, 11) is 0. The molecule has 0 amide bonds. The maximum Gasteiger partial charge on any atom is 0.142 e. The molecule has 0 saturated heterocycles. The molecule has 110 valence electrons. The predicted octanol–water partition coefficient (Wildman–Crippen LogP) is 5.16. The van der Waals surface area contributed by atoms with Crippen LogP contribution in [0.5, 0.6) is 0 Å². The molecule has 1 N–H and O–H groups in total. The van der Waals surface area contributed by atoms with Gasteiger partial charge in [0.05, 0.1) is 11.1 Å². The van der Waals surface area contributed by atoms with Crippen molar-refractivity contribution in [3.8, 4) is 0 Å². The van der Waals surface area contributed by atoms with E-state index in [-0.39, 0.29) is 11.1 Å². The molecule has 0 aromatic heterocycles. The molecule has 1 atom stereocenters. The van der Waals surface area contributed by atoms with E-state index in [9.17, 15) is 8.78 Å². The zero-order valence-electron chi connectivity index (χ0n) is 11.7. The fourth-order valence-electron chi connectivity index (χ4n) is 2.61. The van der Waals surface area contributed by atoms with Crippen LogP contribution in [0.1, 0.15) is 50.6 Å². The number of nitrogens with one attached hydrogen (secondary N) is 1. The van der Waals surface area contributed by atoms with E-state index >= 15 is 0 Å². The fourth-order valence-corrected chi connectivity index (χ4v) is 2.76. The van der Waals surface area contributed by atoms with E-state index in [4.69, 9.17) is 11.6 Å². The molecule has 0 aliphatic heterocycles. The standard InChI is InChI=1S/C16H20ClF2N/c1-2-8-20-16(11-6-4-3-5-7-11)12-9-15(19)13(17)10-14(12)18/h6,9-10,16,20H,2-5,7-8H2,1H3. The first-order valence-corrected chi connectivity index (χ1v) is 7.58. The molecule has 0 radical (unpaired) electrons. The third kappa shape index (κ3) is 3.58. The largest absolute Gasteiger partial charge is 0.306 e. The zero-order chi connectivity index (χ0) is 14.5. The van der Waals surface area contributed by atoms with Gasteiger partial charge in [0, 0.05) is 5.56 Å². The van der Waals surface area contributed by atoms with Crippen molar-refractivity contribution in [3.63, 3.8) is 0 Å². The van der Waals surface area contributed by atoms with Crippen molar-refractivity contribution in [2.24, 2.45) is 0 Å². The van der Waals surface area contributed by atoms with Crippen LogP contribution in [-0.4, -0.2) is 6.54 Å². The Bertz CT molecular complexity index is 499. The predicted molar refractivity (Wildman–Crippen MR) is 79.0 cm³/mol. The Morgan fingerprint density at radius 2 is 2.05 bits per heavy atom. The summed E-state index contributed by atoms with van der Waals surface area (Å²) in [6.45, 7) is 2.82. The number of hydrogen-bond donors (Lipinski definition) is 1. The van der Waals surface area contributed by atoms with Crippen LogP contribution in [0.25, 0.3) is 0 Å². The van der Waals surface area contributed by atoms with E-state index in [2.05, 4.69) is 18.3 Å². The maximum atomic E-state index is 14.1. The Morgan fingerprint density at radius 1 is 1.25 bits per heavy atom. The second-order valence-electron chi connectivity index (χ2n) is 5.20. The van der Waals surface area contributed by atoms with Crippen LogP contribution < -0.4 is 5.32 Å². The lowest BCUT2D eigenvalue weighted by atomic mass is 9.89. The Morgan fingerprint density at radius 3 is 2.70 bits per heavy atom. The van der Waals surface area contributed by atoms with Crippen LogP contribution in [0.15, 0.2) is 23.8 Å². The monoisotopic (exact) mass is 299 g/mol. The Balaban J connectivity index is 2.35. The summed E-state index contributed by atoms with van der Waals surface area (Å²) in [6, 6.07) is 2.04. The normalized spacial score (nSPS) is 16.9. The zero-order valence-corrected chi connectivity index (χ0v) is 12.4. The van der Waals surface area contributed by atoms with Crippen LogP contribution in [0, 0.1) is 11.6 Å². The minimum Gasteiger partial charge on any atom is -0.306 e. The van der Waals surface area contributed by atoms with Gasteiger partial charge in [0.25, 0.3) is 0 Å². The highest BCUT2D eigenvalue weighted by atomic mass is 35.5. The average molecular weight is 300 g/mol. The third-order valence-electron chi connectivity index (χ3n) is 3.65. The molecular weight excluding hydrogens is 280 g/mol. The van der Waals surface area contributed by atoms with Crippen molar-refractivity contribution >= 4 is 11.6 Å². The number of rotatable bonds is 5. The molecular formula is C16H20ClF2N. The van der Waals surface area contributed by atoms with Gasteiger partial charge in [0.15, 0.2) is 0 Å². The third-order valence-corrected chi connectivity index (χ3v) is 3.94. The summed E-state index contributed by atoms with van der Waals surface area (Å²) in [4.78, 5) is 0. The molecule has 1 aromatic rings. The summed E-state index contributed by atoms with van der Waals surface area (Å²) in [5.41, 5.74) is 1.51. The lowest BCUT2D eigenvalue weighted by Gasteiger charge is -2.25. The highest BCUT2D eigenvalue weighted by Crippen LogP contribution is 2.33. The van der Waals surface area contributed by atoms with Crippen LogP contribution in [0.2, 0.25) is 5.02 Å². The van der Waals surface area contributed by atoms with Gasteiger partial charge in [0.2, 0.25) is 0 Å². The molecule has 0 saturated carbocycles. The SMILES string of the molecule is CCCNC(C1=CCCCC1)c1cc(F)c(Cl)cc1F. The minimum absolute atomic E-state index is 0.168. The van der Waals surface area contributed by atoms with Crippen molar-refractivity contribution < 1.29 is 8.78 Å². The Kier molecular flexibility index (Phi) is 5.55. The second kappa shape index (κ2) is 7.19. The number of allylic oxidation sites excluding steroid dienone is 1. The van der Waals surface area contributed by atoms with E-state index in [1.807, 2.05) is 0 Å². The highest BCUT2D eigenvalue weighted by molar-refractivity contribution is 6.30. The van der Waals surface area contributed by atoms with E-state index in [0.717, 1.165) is 43.9 Å². The van der Waals surface area contributed by atoms with Crippen LogP contribution in [0.3, 0.4) is 0 Å². The first-order valence-electron chi connectivity index (χ1n) is 7.20. The van der Waals surface area contributed by atoms with Crippen molar-refractivity contribution in [3.05, 3.63) is 46.0 Å². The summed E-state index contributed by atoms with van der Waals surface area (Å²) in [5, 5.41) is 3.16. The van der Waals surface area contributed by atoms with Crippen LogP contribution in [0.4, 0.5) is 8.78 Å². The van der Waals surface area contributed by atoms with Gasteiger partial charge in [-0.3, -0.25) is 0 Å². The van der Waals surface area contributed by atoms with Gasteiger partial charge in [-0.1, -0.05) is 30.2 Å². The van der Waals surface area contributed by atoms with Crippen molar-refractivity contribution in [2.75, 3.05) is 6.54 Å². The van der Waals surface area contributed by atoms with E-state index in [1.54, 1.807) is 0 Å². The van der Waals surface area contributed by atoms with E-state index in [1.165, 1.54) is 12.5 Å². The number of hydrogen-bond acceptors (Lipinski definition) is 1. The first kappa shape index (κ1) is 15.5. The number of benzene rings is 1. The molecule has 4 heteroatoms. The topological polar surface area (TPSA) is 12.0 Å². The lowest BCUT2D eigenvalue weighted by molar-refractivity contribution is 0.509. The molecule has 0 bridgehead atoms. The first-order chi connectivity index (χ1) is 9.63. The fraction of sp³-hybridized carbons (Fsp3) is 0.500. The van der Waals surface area contributed by atoms with Gasteiger partial charge < -0.3 is 5.32 Å². The van der Waals surface area contributed by atoms with Crippen molar-refractivity contribution in [2.45, 2.75) is 45.1 Å². The van der Waals surface area contributed by atoms with Crippen molar-refractivity contribution in [1.29, 1.82) is 0 Å². The summed E-state index contributed by atoms with van der Waals surface area (Å²) >= 11 is 5.63. The van der Waals surface area contributed by atoms with Crippen molar-refractivity contribution in [1.82, 2.24) is 5.32 Å². The van der Waals surface area contributed by atoms with Gasteiger partial charge in [-0.15, -0.1) is 0 Å². The number of halogens is 3. The smallest absolute Gasteiger partial charge is 0.142 e. The second-order valence-corrected chi connectivity index (χ2v) is 5.61. The minimum atomic E-state index is -0.567. The molecule has 1 unspecified atom stereocenters. The van der Waals surface area contributed by atoms with E-state index in [0.29, 0.717) is 5.56 Å². The summed E-state index contributed by atoms with van der Waals surface area (Å²) in [6.07, 6.45) is 7.32. The lowest BCUT2D eigenvalue weighted by Crippen LogP contribution is -2.25. The van der Waals surface area contributed by atoms with E-state index < -0.39 is 11.6 Å². The van der Waals surface area contributed by atoms with Gasteiger partial charge in [-0.05, 0) is 50.8 Å². The molecule has 1 aliphatic rings. The Hall–Kier alpha value is -0.930. The molecule has 1 nitrogen and oxygen atoms in total. The molecule has 0 heterocycles. The van der Waals surface area contributed by atoms with Gasteiger partial charge in [-0.2, -0.15) is 0 Å². The van der Waals surface area contributed by atoms with Crippen LogP contribution in [-0.2, 0) is 0 Å². The van der Waals surface area contributed by atoms with Crippen LogP contribution >= 0.6 is 11.6 Å². The molecule has 20 heavy (non-hydrogen) atoms. The summed E-state index contributed by atoms with van der Waals surface area (Å²) in [5.74, 6) is -1.01. The van der Waals surface area contributed by atoms with Gasteiger partial charge >= 0.3 is 0 Å². The molecule has 1 aromatic carbocycles. The highest BCUT2D eigenvalue weighted by Gasteiger charge is 2.22. The molecule has 1 aliphatic carbocycles.